The first-order valence-electron chi connectivity index (χ1n) is 25.8. The number of benzene rings is 1. The topological polar surface area (TPSA) is 117 Å². The fourth-order valence-electron chi connectivity index (χ4n) is 9.21. The summed E-state index contributed by atoms with van der Waals surface area (Å²) in [5.74, 6) is 0. The Morgan fingerprint density at radius 1 is 0.615 bits per heavy atom. The molecule has 2 saturated heterocycles. The summed E-state index contributed by atoms with van der Waals surface area (Å²) in [5, 5.41) is -0.393. The summed E-state index contributed by atoms with van der Waals surface area (Å²) in [6, 6.07) is 8.90. The lowest BCUT2D eigenvalue weighted by atomic mass is 9.99. The Kier molecular flexibility index (Phi) is 29.4. The fourth-order valence-corrected chi connectivity index (χ4v) is 12.1. The highest BCUT2D eigenvalue weighted by Crippen LogP contribution is 2.38. The van der Waals surface area contributed by atoms with Crippen molar-refractivity contribution in [2.45, 2.75) is 253 Å². The molecule has 0 aromatic heterocycles. The molecule has 1 unspecified atom stereocenters. The standard InChI is InChI=1S/C52H96O11SSi/c1-10-11-12-13-14-15-20-26-33-46(59-41-56-6)47-34-35-48(62-47)49-36-37-50(63-49)51(60-42-57-7)39-45(64(53,54)44-30-24-21-25-31-44)32-23-19-17-16-18-22-28-43(58-40-55-5)29-27-38-61-65(8,9)52(2,3)4/h21,24-25,30-31,43,45-51H,10-20,22-23,26-29,32-42H2,1-9H3/t43-,45?,46-,47-,48-,49-,50-,51+/m1/s1. The van der Waals surface area contributed by atoms with E-state index in [1.807, 2.05) is 6.07 Å². The van der Waals surface area contributed by atoms with Gasteiger partial charge in [0.25, 0.3) is 0 Å². The molecule has 65 heavy (non-hydrogen) atoms. The monoisotopic (exact) mass is 957 g/mol. The molecule has 0 amide bonds. The van der Waals surface area contributed by atoms with Gasteiger partial charge in [-0.05, 0) is 94.5 Å². The van der Waals surface area contributed by atoms with Crippen LogP contribution in [0.4, 0.5) is 0 Å². The van der Waals surface area contributed by atoms with Crippen molar-refractivity contribution in [3.05, 3.63) is 30.3 Å². The van der Waals surface area contributed by atoms with Gasteiger partial charge < -0.3 is 42.3 Å². The Hall–Kier alpha value is -0.973. The molecule has 380 valence electrons. The van der Waals surface area contributed by atoms with Crippen molar-refractivity contribution in [1.82, 2.24) is 0 Å². The second-order valence-corrected chi connectivity index (χ2v) is 27.5. The van der Waals surface area contributed by atoms with Crippen LogP contribution in [-0.2, 0) is 52.2 Å². The molecule has 0 aliphatic carbocycles. The highest BCUT2D eigenvalue weighted by Gasteiger charge is 2.43. The Balaban J connectivity index is 1.52. The molecular weight excluding hydrogens is 861 g/mol. The van der Waals surface area contributed by atoms with Crippen LogP contribution in [0, 0.1) is 0 Å². The van der Waals surface area contributed by atoms with Crippen molar-refractivity contribution in [3.8, 4) is 0 Å². The molecule has 2 aliphatic rings. The molecule has 13 heteroatoms. The quantitative estimate of drug-likeness (QED) is 0.0357. The number of methoxy groups -OCH3 is 3. The van der Waals surface area contributed by atoms with E-state index in [2.05, 4.69) is 40.8 Å². The fraction of sp³-hybridized carbons (Fsp3) is 0.885. The van der Waals surface area contributed by atoms with Crippen LogP contribution >= 0.6 is 0 Å². The maximum absolute atomic E-state index is 14.3. The lowest BCUT2D eigenvalue weighted by Gasteiger charge is -2.36. The lowest BCUT2D eigenvalue weighted by molar-refractivity contribution is -0.158. The van der Waals surface area contributed by atoms with E-state index in [0.29, 0.717) is 24.5 Å². The van der Waals surface area contributed by atoms with Gasteiger partial charge in [-0.15, -0.1) is 0 Å². The van der Waals surface area contributed by atoms with Crippen molar-refractivity contribution in [3.63, 3.8) is 0 Å². The molecule has 0 radical (unpaired) electrons. The maximum atomic E-state index is 14.3. The summed E-state index contributed by atoms with van der Waals surface area (Å²) in [6.45, 7) is 15.1. The summed E-state index contributed by atoms with van der Waals surface area (Å²) in [4.78, 5) is 0.361. The van der Waals surface area contributed by atoms with E-state index in [-0.39, 0.29) is 55.2 Å². The minimum absolute atomic E-state index is 0.000326. The van der Waals surface area contributed by atoms with Crippen LogP contribution in [-0.4, -0.2) is 113 Å². The Labute approximate surface area is 398 Å². The Bertz CT molecular complexity index is 1430. The summed E-state index contributed by atoms with van der Waals surface area (Å²) >= 11 is 0. The van der Waals surface area contributed by atoms with E-state index in [1.54, 1.807) is 45.6 Å². The van der Waals surface area contributed by atoms with E-state index in [0.717, 1.165) is 103 Å². The number of ether oxygens (including phenoxy) is 8. The third-order valence-electron chi connectivity index (χ3n) is 14.2. The molecule has 2 aliphatic heterocycles. The Morgan fingerprint density at radius 2 is 1.09 bits per heavy atom. The molecule has 2 fully saturated rings. The number of rotatable bonds is 39. The van der Waals surface area contributed by atoms with Crippen molar-refractivity contribution >= 4 is 18.2 Å². The molecule has 0 N–H and O–H groups in total. The minimum atomic E-state index is -3.62. The normalized spacial score (nSPS) is 21.5. The number of hydrogen-bond acceptors (Lipinski definition) is 11. The highest BCUT2D eigenvalue weighted by atomic mass is 32.2. The smallest absolute Gasteiger partial charge is 0.191 e. The van der Waals surface area contributed by atoms with Gasteiger partial charge in [0.2, 0.25) is 0 Å². The average molecular weight is 957 g/mol. The number of hydrogen-bond donors (Lipinski definition) is 0. The zero-order valence-corrected chi connectivity index (χ0v) is 44.5. The Morgan fingerprint density at radius 3 is 1.65 bits per heavy atom. The SMILES string of the molecule is CCCCCCCCCC[C@@H](OCOC)[C@H]1CC[C@H]([C@H]2CC[C@H]([C@H](CC(CCCCCCCC[C@H](CCCO[Si](C)(C)C(C)(C)C)OCOC)S(=O)(=O)c3ccccc3)OCOC)O2)O1. The maximum Gasteiger partial charge on any atom is 0.191 e. The molecule has 1 aromatic carbocycles. The summed E-state index contributed by atoms with van der Waals surface area (Å²) < 4.78 is 83.0. The van der Waals surface area contributed by atoms with Gasteiger partial charge in [-0.3, -0.25) is 0 Å². The van der Waals surface area contributed by atoms with Crippen LogP contribution in [0.3, 0.4) is 0 Å². The van der Waals surface area contributed by atoms with E-state index in [9.17, 15) is 8.42 Å². The van der Waals surface area contributed by atoms with E-state index >= 15 is 0 Å². The molecular formula is C52H96O11SSi. The molecule has 8 atom stereocenters. The van der Waals surface area contributed by atoms with Gasteiger partial charge in [0, 0.05) is 27.9 Å². The summed E-state index contributed by atoms with van der Waals surface area (Å²) in [5.41, 5.74) is 0. The van der Waals surface area contributed by atoms with Crippen molar-refractivity contribution in [2.75, 3.05) is 48.3 Å². The molecule has 0 bridgehead atoms. The highest BCUT2D eigenvalue weighted by molar-refractivity contribution is 7.92. The summed E-state index contributed by atoms with van der Waals surface area (Å²) in [6.07, 6.45) is 24.1. The zero-order chi connectivity index (χ0) is 47.4. The number of unbranched alkanes of at least 4 members (excludes halogenated alkanes) is 12. The second kappa shape index (κ2) is 32.8. The van der Waals surface area contributed by atoms with Crippen LogP contribution in [0.15, 0.2) is 35.2 Å². The average Bonchev–Trinajstić information content (AvgIpc) is 3.98. The van der Waals surface area contributed by atoms with E-state index in [4.69, 9.17) is 42.3 Å². The predicted octanol–water partition coefficient (Wildman–Crippen LogP) is 12.7. The van der Waals surface area contributed by atoms with Gasteiger partial charge in [-0.1, -0.05) is 136 Å². The molecule has 1 aromatic rings. The van der Waals surface area contributed by atoms with Gasteiger partial charge in [-0.2, -0.15) is 0 Å². The van der Waals surface area contributed by atoms with Crippen LogP contribution in [0.5, 0.6) is 0 Å². The largest absolute Gasteiger partial charge is 0.417 e. The molecule has 3 rings (SSSR count). The predicted molar refractivity (Wildman–Crippen MR) is 265 cm³/mol. The van der Waals surface area contributed by atoms with Crippen LogP contribution in [0.1, 0.15) is 182 Å². The van der Waals surface area contributed by atoms with Crippen LogP contribution in [0.2, 0.25) is 18.1 Å². The van der Waals surface area contributed by atoms with E-state index < -0.39 is 29.5 Å². The first-order chi connectivity index (χ1) is 31.3. The van der Waals surface area contributed by atoms with Gasteiger partial charge in [0.15, 0.2) is 18.2 Å². The molecule has 0 spiro atoms. The van der Waals surface area contributed by atoms with Crippen molar-refractivity contribution < 1.29 is 50.7 Å². The van der Waals surface area contributed by atoms with Crippen LogP contribution < -0.4 is 0 Å². The van der Waals surface area contributed by atoms with E-state index in [1.165, 1.54) is 44.9 Å². The lowest BCUT2D eigenvalue weighted by Crippen LogP contribution is -2.41. The number of sulfone groups is 1. The van der Waals surface area contributed by atoms with Gasteiger partial charge in [-0.25, -0.2) is 8.42 Å². The van der Waals surface area contributed by atoms with Crippen LogP contribution in [0.25, 0.3) is 0 Å². The van der Waals surface area contributed by atoms with Gasteiger partial charge in [0.05, 0.1) is 52.9 Å². The van der Waals surface area contributed by atoms with Crippen molar-refractivity contribution in [2.24, 2.45) is 0 Å². The summed E-state index contributed by atoms with van der Waals surface area (Å²) in [7, 11) is -0.425. The minimum Gasteiger partial charge on any atom is -0.417 e. The van der Waals surface area contributed by atoms with Crippen molar-refractivity contribution in [1.29, 1.82) is 0 Å². The van der Waals surface area contributed by atoms with Gasteiger partial charge >= 0.3 is 0 Å². The zero-order valence-electron chi connectivity index (χ0n) is 42.7. The first-order valence-corrected chi connectivity index (χ1v) is 30.3. The second-order valence-electron chi connectivity index (χ2n) is 20.4. The first kappa shape index (κ1) is 58.3. The van der Waals surface area contributed by atoms with Gasteiger partial charge in [0.1, 0.15) is 20.4 Å². The third-order valence-corrected chi connectivity index (χ3v) is 21.0. The molecule has 11 nitrogen and oxygen atoms in total. The molecule has 0 saturated carbocycles. The third kappa shape index (κ3) is 22.1. The molecule has 2 heterocycles.